The molecule has 0 fully saturated rings. The van der Waals surface area contributed by atoms with Crippen molar-refractivity contribution in [3.05, 3.63) is 38.6 Å². The highest BCUT2D eigenvalue weighted by atomic mass is 79.9. The number of fused-ring (bicyclic) bond motifs is 1. The summed E-state index contributed by atoms with van der Waals surface area (Å²) < 4.78 is 42.2. The molecule has 0 N–H and O–H groups in total. The Hall–Kier alpha value is -1.50. The number of aryl methyl sites for hydroxylation is 2. The van der Waals surface area contributed by atoms with Crippen LogP contribution >= 0.6 is 15.9 Å². The molecule has 2 rings (SSSR count). The minimum atomic E-state index is -4.77. The quantitative estimate of drug-likeness (QED) is 0.798. The summed E-state index contributed by atoms with van der Waals surface area (Å²) in [6.07, 6.45) is -4.77. The van der Waals surface area contributed by atoms with Crippen molar-refractivity contribution in [3.63, 3.8) is 0 Å². The van der Waals surface area contributed by atoms with E-state index >= 15 is 0 Å². The first-order chi connectivity index (χ1) is 8.69. The Morgan fingerprint density at radius 3 is 2.47 bits per heavy atom. The molecule has 0 bridgehead atoms. The van der Waals surface area contributed by atoms with Crippen LogP contribution in [0.1, 0.15) is 5.56 Å². The van der Waals surface area contributed by atoms with E-state index < -0.39 is 6.36 Å². The van der Waals surface area contributed by atoms with Gasteiger partial charge in [0.05, 0.1) is 5.52 Å². The largest absolute Gasteiger partial charge is 0.573 e. The Labute approximate surface area is 114 Å². The van der Waals surface area contributed by atoms with Crippen LogP contribution in [0.4, 0.5) is 13.2 Å². The third-order valence-electron chi connectivity index (χ3n) is 2.68. The van der Waals surface area contributed by atoms with Gasteiger partial charge in [-0.3, -0.25) is 4.79 Å². The number of alkyl halides is 3. The zero-order chi connectivity index (χ0) is 14.4. The summed E-state index contributed by atoms with van der Waals surface area (Å²) >= 11 is 3.19. The average Bonchev–Trinajstić information content (AvgIpc) is 2.26. The standard InChI is InChI=1S/C12H9BrF3NO2/c1-6-3-8-9(13)4-7(19-12(14,15)16)5-10(8)17(2)11(6)18/h3-5H,1-2H3. The van der Waals surface area contributed by atoms with Gasteiger partial charge < -0.3 is 9.30 Å². The summed E-state index contributed by atoms with van der Waals surface area (Å²) in [4.78, 5) is 11.8. The topological polar surface area (TPSA) is 31.2 Å². The number of hydrogen-bond acceptors (Lipinski definition) is 2. The van der Waals surface area contributed by atoms with E-state index in [9.17, 15) is 18.0 Å². The first-order valence-corrected chi connectivity index (χ1v) is 6.04. The van der Waals surface area contributed by atoms with Gasteiger partial charge in [-0.2, -0.15) is 0 Å². The third kappa shape index (κ3) is 2.75. The van der Waals surface area contributed by atoms with Crippen LogP contribution in [-0.2, 0) is 7.05 Å². The Kier molecular flexibility index (Phi) is 3.34. The van der Waals surface area contributed by atoms with E-state index in [1.165, 1.54) is 23.7 Å². The minimum absolute atomic E-state index is 0.261. The van der Waals surface area contributed by atoms with Gasteiger partial charge in [0.25, 0.3) is 5.56 Å². The van der Waals surface area contributed by atoms with Gasteiger partial charge in [0.15, 0.2) is 0 Å². The van der Waals surface area contributed by atoms with Crippen LogP contribution < -0.4 is 10.3 Å². The molecule has 0 amide bonds. The molecule has 0 aliphatic heterocycles. The van der Waals surface area contributed by atoms with E-state index in [1.807, 2.05) is 0 Å². The average molecular weight is 336 g/mol. The molecule has 1 aromatic heterocycles. The molecular formula is C12H9BrF3NO2. The van der Waals surface area contributed by atoms with Gasteiger partial charge in [0.2, 0.25) is 0 Å². The van der Waals surface area contributed by atoms with Crippen molar-refractivity contribution in [2.24, 2.45) is 7.05 Å². The fraction of sp³-hybridized carbons (Fsp3) is 0.250. The molecule has 0 unspecified atom stereocenters. The van der Waals surface area contributed by atoms with Crippen LogP contribution in [0.15, 0.2) is 27.5 Å². The highest BCUT2D eigenvalue weighted by molar-refractivity contribution is 9.10. The molecule has 3 nitrogen and oxygen atoms in total. The number of ether oxygens (including phenoxy) is 1. The van der Waals surface area contributed by atoms with E-state index in [1.54, 1.807) is 13.0 Å². The molecule has 0 spiro atoms. The maximum Gasteiger partial charge on any atom is 0.573 e. The number of halogens is 4. The third-order valence-corrected chi connectivity index (χ3v) is 3.34. The van der Waals surface area contributed by atoms with E-state index in [4.69, 9.17) is 0 Å². The Balaban J connectivity index is 2.72. The number of benzene rings is 1. The number of nitrogens with zero attached hydrogens (tertiary/aromatic N) is 1. The van der Waals surface area contributed by atoms with Gasteiger partial charge in [-0.05, 0) is 35.0 Å². The van der Waals surface area contributed by atoms with Crippen molar-refractivity contribution in [1.82, 2.24) is 4.57 Å². The lowest BCUT2D eigenvalue weighted by Crippen LogP contribution is -2.20. The molecule has 0 radical (unpaired) electrons. The Bertz CT molecular complexity index is 707. The zero-order valence-electron chi connectivity index (χ0n) is 10.0. The highest BCUT2D eigenvalue weighted by Crippen LogP contribution is 2.31. The fourth-order valence-corrected chi connectivity index (χ4v) is 2.39. The lowest BCUT2D eigenvalue weighted by molar-refractivity contribution is -0.274. The highest BCUT2D eigenvalue weighted by Gasteiger charge is 2.31. The van der Waals surface area contributed by atoms with E-state index in [2.05, 4.69) is 20.7 Å². The maximum atomic E-state index is 12.2. The molecule has 102 valence electrons. The number of hydrogen-bond donors (Lipinski definition) is 0. The first-order valence-electron chi connectivity index (χ1n) is 5.24. The molecule has 0 aliphatic carbocycles. The Morgan fingerprint density at radius 2 is 1.89 bits per heavy atom. The number of pyridine rings is 1. The van der Waals surface area contributed by atoms with Crippen molar-refractivity contribution < 1.29 is 17.9 Å². The van der Waals surface area contributed by atoms with E-state index in [-0.39, 0.29) is 11.3 Å². The number of aromatic nitrogens is 1. The van der Waals surface area contributed by atoms with Crippen molar-refractivity contribution in [2.75, 3.05) is 0 Å². The molecule has 1 heterocycles. The van der Waals surface area contributed by atoms with Crippen molar-refractivity contribution >= 4 is 26.8 Å². The summed E-state index contributed by atoms with van der Waals surface area (Å²) in [6, 6.07) is 4.04. The second-order valence-electron chi connectivity index (χ2n) is 4.08. The second kappa shape index (κ2) is 4.56. The SMILES string of the molecule is Cc1cc2c(Br)cc(OC(F)(F)F)cc2n(C)c1=O. The molecule has 1 aromatic carbocycles. The van der Waals surface area contributed by atoms with Crippen LogP contribution in [-0.4, -0.2) is 10.9 Å². The monoisotopic (exact) mass is 335 g/mol. The normalized spacial score (nSPS) is 11.9. The summed E-state index contributed by atoms with van der Waals surface area (Å²) in [5.41, 5.74) is 0.618. The summed E-state index contributed by atoms with van der Waals surface area (Å²) in [6.45, 7) is 1.65. The smallest absolute Gasteiger partial charge is 0.406 e. The zero-order valence-corrected chi connectivity index (χ0v) is 11.6. The van der Waals surface area contributed by atoms with Gasteiger partial charge in [-0.15, -0.1) is 13.2 Å². The van der Waals surface area contributed by atoms with Crippen molar-refractivity contribution in [1.29, 1.82) is 0 Å². The molecule has 0 saturated carbocycles. The van der Waals surface area contributed by atoms with Gasteiger partial charge in [0.1, 0.15) is 5.75 Å². The predicted octanol–water partition coefficient (Wildman–Crippen LogP) is 3.51. The van der Waals surface area contributed by atoms with Crippen LogP contribution in [0.2, 0.25) is 0 Å². The molecule has 19 heavy (non-hydrogen) atoms. The first kappa shape index (κ1) is 13.9. The predicted molar refractivity (Wildman–Crippen MR) is 68.3 cm³/mol. The maximum absolute atomic E-state index is 12.2. The van der Waals surface area contributed by atoms with Gasteiger partial charge in [-0.25, -0.2) is 0 Å². The van der Waals surface area contributed by atoms with Crippen LogP contribution in [0.5, 0.6) is 5.75 Å². The summed E-state index contributed by atoms with van der Waals surface area (Å²) in [7, 11) is 1.50. The van der Waals surface area contributed by atoms with E-state index in [0.717, 1.165) is 0 Å². The van der Waals surface area contributed by atoms with Crippen LogP contribution in [0, 0.1) is 6.92 Å². The summed E-state index contributed by atoms with van der Waals surface area (Å²) in [5, 5.41) is 0.647. The molecule has 0 aliphatic rings. The Morgan fingerprint density at radius 1 is 1.26 bits per heavy atom. The lowest BCUT2D eigenvalue weighted by Gasteiger charge is -2.13. The molecular weight excluding hydrogens is 327 g/mol. The van der Waals surface area contributed by atoms with Crippen LogP contribution in [0.25, 0.3) is 10.9 Å². The van der Waals surface area contributed by atoms with Gasteiger partial charge >= 0.3 is 6.36 Å². The molecule has 0 saturated heterocycles. The van der Waals surface area contributed by atoms with Gasteiger partial charge in [-0.1, -0.05) is 0 Å². The fourth-order valence-electron chi connectivity index (χ4n) is 1.84. The molecule has 7 heteroatoms. The van der Waals surface area contributed by atoms with E-state index in [0.29, 0.717) is 20.9 Å². The lowest BCUT2D eigenvalue weighted by atomic mass is 10.1. The van der Waals surface area contributed by atoms with Gasteiger partial charge in [0, 0.05) is 28.5 Å². The van der Waals surface area contributed by atoms with Crippen LogP contribution in [0.3, 0.4) is 0 Å². The van der Waals surface area contributed by atoms with Crippen molar-refractivity contribution in [2.45, 2.75) is 13.3 Å². The molecule has 2 aromatic rings. The van der Waals surface area contributed by atoms with Crippen molar-refractivity contribution in [3.8, 4) is 5.75 Å². The minimum Gasteiger partial charge on any atom is -0.406 e. The number of rotatable bonds is 1. The second-order valence-corrected chi connectivity index (χ2v) is 4.93. The molecule has 0 atom stereocenters. The summed E-state index contributed by atoms with van der Waals surface area (Å²) in [5.74, 6) is -0.370.